The molecule has 2 heterocycles. The Hall–Kier alpha value is -2.61. The van der Waals surface area contributed by atoms with Gasteiger partial charge in [-0.25, -0.2) is 14.8 Å². The lowest BCUT2D eigenvalue weighted by Crippen LogP contribution is -2.39. The number of hydrogen-bond donors (Lipinski definition) is 1. The number of benzene rings is 1. The molecule has 1 aliphatic heterocycles. The first-order valence-corrected chi connectivity index (χ1v) is 10.6. The van der Waals surface area contributed by atoms with Crippen LogP contribution in [0.25, 0.3) is 0 Å². The lowest BCUT2D eigenvalue weighted by Gasteiger charge is -2.35. The van der Waals surface area contributed by atoms with Gasteiger partial charge >= 0.3 is 5.97 Å². The summed E-state index contributed by atoms with van der Waals surface area (Å²) in [4.78, 5) is 35.4. The van der Waals surface area contributed by atoms with Crippen molar-refractivity contribution in [3.05, 3.63) is 42.1 Å². The number of aromatic nitrogens is 2. The molecule has 8 heteroatoms. The molecule has 0 saturated carbocycles. The largest absolute Gasteiger partial charge is 0.465 e. The zero-order valence-electron chi connectivity index (χ0n) is 16.9. The lowest BCUT2D eigenvalue weighted by atomic mass is 9.92. The Morgan fingerprint density at radius 1 is 1.21 bits per heavy atom. The van der Waals surface area contributed by atoms with Crippen LogP contribution in [0.4, 0.5) is 11.5 Å². The van der Waals surface area contributed by atoms with E-state index in [1.54, 1.807) is 30.5 Å². The fourth-order valence-corrected chi connectivity index (χ4v) is 4.25. The highest BCUT2D eigenvalue weighted by atomic mass is 32.2. The summed E-state index contributed by atoms with van der Waals surface area (Å²) in [6.07, 6.45) is 2.97. The molecule has 0 spiro atoms. The summed E-state index contributed by atoms with van der Waals surface area (Å²) in [6.45, 7) is 6.48. The second-order valence-corrected chi connectivity index (χ2v) is 8.36. The highest BCUT2D eigenvalue weighted by Gasteiger charge is 2.23. The van der Waals surface area contributed by atoms with Crippen LogP contribution < -0.4 is 10.2 Å². The Bertz CT molecular complexity index is 867. The quantitative estimate of drug-likeness (QED) is 0.440. The van der Waals surface area contributed by atoms with Gasteiger partial charge in [-0.1, -0.05) is 37.7 Å². The molecule has 1 saturated heterocycles. The molecule has 1 amide bonds. The van der Waals surface area contributed by atoms with Gasteiger partial charge in [0.1, 0.15) is 5.82 Å². The summed E-state index contributed by atoms with van der Waals surface area (Å²) < 4.78 is 4.75. The van der Waals surface area contributed by atoms with Gasteiger partial charge in [-0.15, -0.1) is 0 Å². The third-order valence-electron chi connectivity index (χ3n) is 4.75. The molecule has 29 heavy (non-hydrogen) atoms. The minimum absolute atomic E-state index is 0.145. The van der Waals surface area contributed by atoms with E-state index in [1.165, 1.54) is 25.3 Å². The number of anilines is 2. The predicted molar refractivity (Wildman–Crippen MR) is 114 cm³/mol. The standard InChI is InChI=1S/C21H26N4O3S/c1-14-10-15(2)12-25(11-14)18-8-9-22-21(24-18)29-13-19(26)23-17-7-5-4-6-16(17)20(27)28-3/h4-9,14-15H,10-13H2,1-3H3,(H,23,26)/t14-,15-/m0/s1. The summed E-state index contributed by atoms with van der Waals surface area (Å²) in [5.74, 6) is 1.58. The van der Waals surface area contributed by atoms with Gasteiger partial charge in [-0.2, -0.15) is 0 Å². The van der Waals surface area contributed by atoms with Crippen LogP contribution in [0.2, 0.25) is 0 Å². The van der Waals surface area contributed by atoms with Crippen molar-refractivity contribution in [1.29, 1.82) is 0 Å². The fourth-order valence-electron chi connectivity index (χ4n) is 3.62. The van der Waals surface area contributed by atoms with Gasteiger partial charge in [-0.3, -0.25) is 4.79 Å². The molecule has 1 aromatic heterocycles. The first kappa shape index (κ1) is 21.1. The molecule has 1 aromatic carbocycles. The number of amides is 1. The maximum absolute atomic E-state index is 12.4. The third-order valence-corrected chi connectivity index (χ3v) is 5.61. The van der Waals surface area contributed by atoms with Crippen molar-refractivity contribution in [3.63, 3.8) is 0 Å². The molecule has 154 valence electrons. The molecular weight excluding hydrogens is 388 g/mol. The molecule has 3 rings (SSSR count). The van der Waals surface area contributed by atoms with Crippen LogP contribution in [-0.2, 0) is 9.53 Å². The van der Waals surface area contributed by atoms with E-state index in [0.29, 0.717) is 28.2 Å². The number of nitrogens with one attached hydrogen (secondary N) is 1. The normalized spacial score (nSPS) is 18.9. The van der Waals surface area contributed by atoms with Crippen LogP contribution in [-0.4, -0.2) is 47.8 Å². The number of ether oxygens (including phenoxy) is 1. The minimum Gasteiger partial charge on any atom is -0.465 e. The number of carbonyl (C=O) groups excluding carboxylic acids is 2. The number of hydrogen-bond acceptors (Lipinski definition) is 7. The Morgan fingerprint density at radius 2 is 1.93 bits per heavy atom. The summed E-state index contributed by atoms with van der Waals surface area (Å²) in [5.41, 5.74) is 0.746. The minimum atomic E-state index is -0.491. The van der Waals surface area contributed by atoms with Gasteiger partial charge in [0, 0.05) is 19.3 Å². The number of carbonyl (C=O) groups is 2. The second kappa shape index (κ2) is 9.73. The Labute approximate surface area is 175 Å². The Morgan fingerprint density at radius 3 is 2.66 bits per heavy atom. The van der Waals surface area contributed by atoms with Crippen molar-refractivity contribution in [3.8, 4) is 0 Å². The summed E-state index contributed by atoms with van der Waals surface area (Å²) in [6, 6.07) is 8.68. The van der Waals surface area contributed by atoms with E-state index in [4.69, 9.17) is 4.74 Å². The van der Waals surface area contributed by atoms with Crippen molar-refractivity contribution in [2.24, 2.45) is 11.8 Å². The number of rotatable bonds is 6. The smallest absolute Gasteiger partial charge is 0.339 e. The molecule has 1 fully saturated rings. The number of piperidine rings is 1. The van der Waals surface area contributed by atoms with Crippen molar-refractivity contribution >= 4 is 35.1 Å². The van der Waals surface area contributed by atoms with Gasteiger partial charge in [0.25, 0.3) is 0 Å². The fraction of sp³-hybridized carbons (Fsp3) is 0.429. The average molecular weight is 415 g/mol. The topological polar surface area (TPSA) is 84.4 Å². The molecular formula is C21H26N4O3S. The first-order valence-electron chi connectivity index (χ1n) is 9.64. The molecule has 0 radical (unpaired) electrons. The maximum atomic E-state index is 12.4. The van der Waals surface area contributed by atoms with Gasteiger partial charge in [-0.05, 0) is 36.5 Å². The SMILES string of the molecule is COC(=O)c1ccccc1NC(=O)CSc1nccc(N2C[C@@H](C)C[C@H](C)C2)n1. The van der Waals surface area contributed by atoms with E-state index in [0.717, 1.165) is 18.9 Å². The molecule has 7 nitrogen and oxygen atoms in total. The van der Waals surface area contributed by atoms with Crippen LogP contribution >= 0.6 is 11.8 Å². The maximum Gasteiger partial charge on any atom is 0.339 e. The van der Waals surface area contributed by atoms with Gasteiger partial charge in [0.15, 0.2) is 5.16 Å². The van der Waals surface area contributed by atoms with Crippen LogP contribution in [0.1, 0.15) is 30.6 Å². The van der Waals surface area contributed by atoms with E-state index >= 15 is 0 Å². The number of methoxy groups -OCH3 is 1. The van der Waals surface area contributed by atoms with Crippen LogP contribution in [0.5, 0.6) is 0 Å². The van der Waals surface area contributed by atoms with E-state index < -0.39 is 5.97 Å². The van der Waals surface area contributed by atoms with E-state index in [-0.39, 0.29) is 11.7 Å². The molecule has 2 aromatic rings. The van der Waals surface area contributed by atoms with Crippen molar-refractivity contribution in [2.45, 2.75) is 25.4 Å². The average Bonchev–Trinajstić information content (AvgIpc) is 2.71. The van der Waals surface area contributed by atoms with Crippen LogP contribution in [0.3, 0.4) is 0 Å². The number of esters is 1. The third kappa shape index (κ3) is 5.69. The zero-order chi connectivity index (χ0) is 20.8. The molecule has 1 N–H and O–H groups in total. The molecule has 2 atom stereocenters. The van der Waals surface area contributed by atoms with Gasteiger partial charge < -0.3 is 15.0 Å². The highest BCUT2D eigenvalue weighted by molar-refractivity contribution is 7.99. The van der Waals surface area contributed by atoms with Gasteiger partial charge in [0.05, 0.1) is 24.1 Å². The zero-order valence-corrected chi connectivity index (χ0v) is 17.7. The Kier molecular flexibility index (Phi) is 7.09. The molecule has 1 aliphatic rings. The van der Waals surface area contributed by atoms with Crippen molar-refractivity contribution in [1.82, 2.24) is 9.97 Å². The van der Waals surface area contributed by atoms with Crippen molar-refractivity contribution in [2.75, 3.05) is 36.2 Å². The van der Waals surface area contributed by atoms with E-state index in [1.807, 2.05) is 6.07 Å². The number of para-hydroxylation sites is 1. The Balaban J connectivity index is 1.61. The van der Waals surface area contributed by atoms with E-state index in [2.05, 4.69) is 34.0 Å². The van der Waals surface area contributed by atoms with Gasteiger partial charge in [0.2, 0.25) is 5.91 Å². The predicted octanol–water partition coefficient (Wildman–Crippen LogP) is 3.48. The summed E-state index contributed by atoms with van der Waals surface area (Å²) in [5, 5.41) is 3.32. The highest BCUT2D eigenvalue weighted by Crippen LogP contribution is 2.26. The number of thioether (sulfide) groups is 1. The van der Waals surface area contributed by atoms with Crippen LogP contribution in [0, 0.1) is 11.8 Å². The molecule has 0 bridgehead atoms. The first-order chi connectivity index (χ1) is 14.0. The molecule has 0 aliphatic carbocycles. The second-order valence-electron chi connectivity index (χ2n) is 7.42. The van der Waals surface area contributed by atoms with Crippen molar-refractivity contribution < 1.29 is 14.3 Å². The number of nitrogens with zero attached hydrogens (tertiary/aromatic N) is 3. The summed E-state index contributed by atoms with van der Waals surface area (Å²) >= 11 is 1.27. The monoisotopic (exact) mass is 414 g/mol. The summed E-state index contributed by atoms with van der Waals surface area (Å²) in [7, 11) is 1.31. The van der Waals surface area contributed by atoms with E-state index in [9.17, 15) is 9.59 Å². The van der Waals surface area contributed by atoms with Crippen LogP contribution in [0.15, 0.2) is 41.7 Å². The molecule has 0 unspecified atom stereocenters. The lowest BCUT2D eigenvalue weighted by molar-refractivity contribution is -0.113.